The Balaban J connectivity index is 2.05. The van der Waals surface area contributed by atoms with E-state index < -0.39 is 11.4 Å². The van der Waals surface area contributed by atoms with Crippen molar-refractivity contribution in [2.24, 2.45) is 0 Å². The van der Waals surface area contributed by atoms with Crippen LogP contribution in [0.2, 0.25) is 0 Å². The molecule has 0 amide bonds. The van der Waals surface area contributed by atoms with E-state index in [4.69, 9.17) is 10.00 Å². The summed E-state index contributed by atoms with van der Waals surface area (Å²) in [5.41, 5.74) is 5.85. The van der Waals surface area contributed by atoms with Gasteiger partial charge in [-0.25, -0.2) is 9.78 Å². The van der Waals surface area contributed by atoms with Gasteiger partial charge in [0.15, 0.2) is 12.3 Å². The minimum absolute atomic E-state index is 0.251. The molecular formula is C30H26N2O2. The Morgan fingerprint density at radius 2 is 1.50 bits per heavy atom. The lowest BCUT2D eigenvalue weighted by molar-refractivity contribution is 0.0546. The van der Waals surface area contributed by atoms with Gasteiger partial charge in [-0.1, -0.05) is 103 Å². The molecular weight excluding hydrogens is 420 g/mol. The maximum atomic E-state index is 12.6. The first-order valence-electron chi connectivity index (χ1n) is 11.3. The summed E-state index contributed by atoms with van der Waals surface area (Å²) < 4.78 is 5.05. The second-order valence-electron chi connectivity index (χ2n) is 8.17. The quantitative estimate of drug-likeness (QED) is 0.257. The van der Waals surface area contributed by atoms with E-state index in [1.165, 1.54) is 0 Å². The third-order valence-corrected chi connectivity index (χ3v) is 6.11. The zero-order chi connectivity index (χ0) is 24.0. The molecule has 0 spiro atoms. The number of hydrogen-bond acceptors (Lipinski definition) is 4. The number of carbonyl (C=O) groups is 1. The molecule has 4 aromatic rings. The molecule has 1 heterocycles. The molecule has 0 saturated heterocycles. The average Bonchev–Trinajstić information content (AvgIpc) is 2.89. The van der Waals surface area contributed by atoms with E-state index in [2.05, 4.69) is 66.5 Å². The van der Waals surface area contributed by atoms with Crippen LogP contribution in [0.25, 0.3) is 0 Å². The number of ether oxygens (including phenoxy) is 1. The molecule has 168 valence electrons. The summed E-state index contributed by atoms with van der Waals surface area (Å²) in [5.74, 6) is -0.578. The smallest absolute Gasteiger partial charge is 0.358 e. The second-order valence-corrected chi connectivity index (χ2v) is 8.17. The lowest BCUT2D eigenvalue weighted by Crippen LogP contribution is -2.31. The van der Waals surface area contributed by atoms with E-state index in [1.54, 1.807) is 6.20 Å². The number of aryl methyl sites for hydroxylation is 2. The molecule has 0 aliphatic carbocycles. The van der Waals surface area contributed by atoms with Crippen molar-refractivity contribution in [2.75, 3.05) is 6.61 Å². The van der Waals surface area contributed by atoms with Crippen molar-refractivity contribution in [2.45, 2.75) is 25.7 Å². The zero-order valence-corrected chi connectivity index (χ0v) is 19.4. The average molecular weight is 447 g/mol. The van der Waals surface area contributed by atoms with Gasteiger partial charge in [-0.05, 0) is 41.2 Å². The summed E-state index contributed by atoms with van der Waals surface area (Å²) in [4.78, 5) is 17.1. The van der Waals surface area contributed by atoms with E-state index in [0.717, 1.165) is 33.4 Å². The summed E-state index contributed by atoms with van der Waals surface area (Å²) in [6, 6.07) is 33.2. The second kappa shape index (κ2) is 10.1. The SMILES string of the molecule is CCc1cc(C(c2ccccc2)(c2ccccc2)c2cccc(C)c2)cnc1C(=O)OCC#N. The fraction of sp³-hybridized carbons (Fsp3) is 0.167. The molecule has 0 aliphatic heterocycles. The molecule has 0 saturated carbocycles. The van der Waals surface area contributed by atoms with Crippen LogP contribution in [0.4, 0.5) is 0 Å². The Labute approximate surface area is 200 Å². The van der Waals surface area contributed by atoms with Crippen LogP contribution in [0.5, 0.6) is 0 Å². The molecule has 1 aromatic heterocycles. The summed E-state index contributed by atoms with van der Waals surface area (Å²) in [7, 11) is 0. The number of pyridine rings is 1. The van der Waals surface area contributed by atoms with E-state index in [-0.39, 0.29) is 12.3 Å². The number of carbonyl (C=O) groups excluding carboxylic acids is 1. The van der Waals surface area contributed by atoms with Crippen LogP contribution in [0.3, 0.4) is 0 Å². The van der Waals surface area contributed by atoms with E-state index in [9.17, 15) is 4.79 Å². The molecule has 4 heteroatoms. The highest BCUT2D eigenvalue weighted by atomic mass is 16.5. The number of nitrogens with zero attached hydrogens (tertiary/aromatic N) is 2. The van der Waals surface area contributed by atoms with Gasteiger partial charge < -0.3 is 4.74 Å². The molecule has 0 bridgehead atoms. The first-order chi connectivity index (χ1) is 16.6. The predicted octanol–water partition coefficient (Wildman–Crippen LogP) is 6.02. The van der Waals surface area contributed by atoms with E-state index >= 15 is 0 Å². The van der Waals surface area contributed by atoms with Crippen LogP contribution in [-0.2, 0) is 16.6 Å². The molecule has 0 unspecified atom stereocenters. The van der Waals surface area contributed by atoms with Gasteiger partial charge in [-0.3, -0.25) is 0 Å². The Bertz CT molecular complexity index is 1290. The minimum atomic E-state index is -0.638. The van der Waals surface area contributed by atoms with Crippen molar-refractivity contribution in [1.82, 2.24) is 4.98 Å². The lowest BCUT2D eigenvalue weighted by atomic mass is 9.65. The lowest BCUT2D eigenvalue weighted by Gasteiger charge is -2.37. The summed E-state index contributed by atoms with van der Waals surface area (Å²) in [6.07, 6.45) is 2.37. The molecule has 0 fully saturated rings. The van der Waals surface area contributed by atoms with Crippen molar-refractivity contribution in [3.05, 3.63) is 136 Å². The molecule has 0 atom stereocenters. The van der Waals surface area contributed by atoms with Crippen molar-refractivity contribution in [3.8, 4) is 6.07 Å². The number of nitriles is 1. The monoisotopic (exact) mass is 446 g/mol. The van der Waals surface area contributed by atoms with Crippen LogP contribution in [0, 0.1) is 18.3 Å². The van der Waals surface area contributed by atoms with Gasteiger partial charge in [-0.2, -0.15) is 5.26 Å². The van der Waals surface area contributed by atoms with E-state index in [0.29, 0.717) is 6.42 Å². The maximum Gasteiger partial charge on any atom is 0.358 e. The summed E-state index contributed by atoms with van der Waals surface area (Å²) >= 11 is 0. The van der Waals surface area contributed by atoms with Gasteiger partial charge in [0.2, 0.25) is 0 Å². The molecule has 0 aliphatic rings. The van der Waals surface area contributed by atoms with Crippen LogP contribution in [0.15, 0.2) is 97.2 Å². The standard InChI is InChI=1S/C30H26N2O2/c1-3-23-20-27(21-32-28(23)29(33)34-18-17-31)30(24-12-6-4-7-13-24,25-14-8-5-9-15-25)26-16-10-11-22(2)19-26/h4-16,19-21H,3,18H2,1-2H3. The third-order valence-electron chi connectivity index (χ3n) is 6.11. The Morgan fingerprint density at radius 1 is 0.882 bits per heavy atom. The highest BCUT2D eigenvalue weighted by Gasteiger charge is 2.39. The fourth-order valence-electron chi connectivity index (χ4n) is 4.59. The highest BCUT2D eigenvalue weighted by molar-refractivity contribution is 5.89. The van der Waals surface area contributed by atoms with Crippen molar-refractivity contribution in [3.63, 3.8) is 0 Å². The highest BCUT2D eigenvalue weighted by Crippen LogP contribution is 2.45. The normalized spacial score (nSPS) is 11.0. The van der Waals surface area contributed by atoms with Crippen LogP contribution >= 0.6 is 0 Å². The molecule has 0 N–H and O–H groups in total. The first kappa shape index (κ1) is 22.9. The van der Waals surface area contributed by atoms with Gasteiger partial charge in [0.05, 0.1) is 5.41 Å². The van der Waals surface area contributed by atoms with Gasteiger partial charge in [-0.15, -0.1) is 0 Å². The number of benzene rings is 3. The number of aromatic nitrogens is 1. The van der Waals surface area contributed by atoms with Crippen LogP contribution in [-0.4, -0.2) is 17.6 Å². The number of rotatable bonds is 7. The molecule has 0 radical (unpaired) electrons. The van der Waals surface area contributed by atoms with Gasteiger partial charge in [0, 0.05) is 6.20 Å². The molecule has 3 aromatic carbocycles. The predicted molar refractivity (Wildman–Crippen MR) is 133 cm³/mol. The Hall–Kier alpha value is -4.23. The number of hydrogen-bond donors (Lipinski definition) is 0. The third kappa shape index (κ3) is 4.21. The van der Waals surface area contributed by atoms with Crippen molar-refractivity contribution in [1.29, 1.82) is 5.26 Å². The Morgan fingerprint density at radius 3 is 2.06 bits per heavy atom. The summed E-state index contributed by atoms with van der Waals surface area (Å²) in [5, 5.41) is 8.79. The largest absolute Gasteiger partial charge is 0.446 e. The van der Waals surface area contributed by atoms with Crippen molar-refractivity contribution < 1.29 is 9.53 Å². The van der Waals surface area contributed by atoms with Gasteiger partial charge in [0.1, 0.15) is 6.07 Å². The first-order valence-corrected chi connectivity index (χ1v) is 11.3. The molecule has 4 rings (SSSR count). The Kier molecular flexibility index (Phi) is 6.85. The fourth-order valence-corrected chi connectivity index (χ4v) is 4.59. The van der Waals surface area contributed by atoms with Gasteiger partial charge in [0.25, 0.3) is 0 Å². The zero-order valence-electron chi connectivity index (χ0n) is 19.4. The van der Waals surface area contributed by atoms with Crippen LogP contribution in [0.1, 0.15) is 50.8 Å². The van der Waals surface area contributed by atoms with Crippen molar-refractivity contribution >= 4 is 5.97 Å². The van der Waals surface area contributed by atoms with E-state index in [1.807, 2.05) is 49.4 Å². The van der Waals surface area contributed by atoms with Crippen LogP contribution < -0.4 is 0 Å². The molecule has 34 heavy (non-hydrogen) atoms. The number of esters is 1. The maximum absolute atomic E-state index is 12.6. The topological polar surface area (TPSA) is 63.0 Å². The van der Waals surface area contributed by atoms with Gasteiger partial charge >= 0.3 is 5.97 Å². The minimum Gasteiger partial charge on any atom is -0.446 e. The summed E-state index contributed by atoms with van der Waals surface area (Å²) in [6.45, 7) is 3.78. The molecule has 4 nitrogen and oxygen atoms in total.